The van der Waals surface area contributed by atoms with E-state index in [4.69, 9.17) is 0 Å². The minimum atomic E-state index is -0.152. The highest BCUT2D eigenvalue weighted by Crippen LogP contribution is 2.30. The summed E-state index contributed by atoms with van der Waals surface area (Å²) in [6, 6.07) is 0.680. The first kappa shape index (κ1) is 14.7. The zero-order chi connectivity index (χ0) is 12.9. The van der Waals surface area contributed by atoms with E-state index in [1.54, 1.807) is 0 Å². The summed E-state index contributed by atoms with van der Waals surface area (Å²) >= 11 is 0. The molecule has 1 fully saturated rings. The molecule has 100 valence electrons. The Hall–Kier alpha value is -0.370. The van der Waals surface area contributed by atoms with Gasteiger partial charge in [-0.2, -0.15) is 0 Å². The molecular weight excluding hydrogens is 210 g/mol. The van der Waals surface area contributed by atoms with Crippen molar-refractivity contribution in [2.24, 2.45) is 11.3 Å². The average molecular weight is 239 g/mol. The van der Waals surface area contributed by atoms with E-state index >= 15 is 0 Å². The number of carbonyl (C=O) groups excluding carboxylic acids is 1. The van der Waals surface area contributed by atoms with Crippen molar-refractivity contribution in [2.45, 2.75) is 65.3 Å². The molecule has 2 nitrogen and oxygen atoms in total. The number of rotatable bonds is 6. The van der Waals surface area contributed by atoms with E-state index in [2.05, 4.69) is 32.7 Å². The molecule has 2 heteroatoms. The normalized spacial score (nSPS) is 29.0. The fraction of sp³-hybridized carbons (Fsp3) is 0.933. The average Bonchev–Trinajstić information content (AvgIpc) is 2.29. The quantitative estimate of drug-likeness (QED) is 0.661. The Balaban J connectivity index is 2.56. The molecule has 0 aromatic heterocycles. The summed E-state index contributed by atoms with van der Waals surface area (Å²) in [4.78, 5) is 13.7. The van der Waals surface area contributed by atoms with Gasteiger partial charge in [-0.25, -0.2) is 0 Å². The van der Waals surface area contributed by atoms with Crippen LogP contribution in [0.3, 0.4) is 0 Å². The van der Waals surface area contributed by atoms with Crippen LogP contribution in [0.4, 0.5) is 0 Å². The highest BCUT2D eigenvalue weighted by Gasteiger charge is 2.30. The van der Waals surface area contributed by atoms with Crippen molar-refractivity contribution in [2.75, 3.05) is 13.6 Å². The molecular formula is C15H29NO. The summed E-state index contributed by atoms with van der Waals surface area (Å²) in [7, 11) is 2.20. The van der Waals surface area contributed by atoms with E-state index in [-0.39, 0.29) is 5.41 Å². The van der Waals surface area contributed by atoms with E-state index in [1.165, 1.54) is 32.0 Å². The molecule has 0 amide bonds. The van der Waals surface area contributed by atoms with Crippen molar-refractivity contribution in [3.8, 4) is 0 Å². The molecule has 0 N–H and O–H groups in total. The molecule has 0 radical (unpaired) electrons. The second kappa shape index (κ2) is 6.53. The Morgan fingerprint density at radius 3 is 2.53 bits per heavy atom. The van der Waals surface area contributed by atoms with Crippen LogP contribution in [0.1, 0.15) is 59.3 Å². The fourth-order valence-electron chi connectivity index (χ4n) is 3.38. The molecule has 3 atom stereocenters. The number of carbonyl (C=O) groups is 1. The second-order valence-electron chi connectivity index (χ2n) is 6.27. The van der Waals surface area contributed by atoms with Crippen molar-refractivity contribution in [1.29, 1.82) is 0 Å². The van der Waals surface area contributed by atoms with Crippen LogP contribution < -0.4 is 0 Å². The van der Waals surface area contributed by atoms with E-state index in [0.29, 0.717) is 6.04 Å². The lowest BCUT2D eigenvalue weighted by Crippen LogP contribution is -2.44. The summed E-state index contributed by atoms with van der Waals surface area (Å²) in [5, 5.41) is 0. The number of aldehydes is 1. The van der Waals surface area contributed by atoms with Crippen molar-refractivity contribution >= 4 is 6.29 Å². The van der Waals surface area contributed by atoms with Gasteiger partial charge in [0.05, 0.1) is 0 Å². The predicted molar refractivity (Wildman–Crippen MR) is 73.1 cm³/mol. The van der Waals surface area contributed by atoms with Gasteiger partial charge < -0.3 is 9.69 Å². The van der Waals surface area contributed by atoms with E-state index < -0.39 is 0 Å². The van der Waals surface area contributed by atoms with Crippen molar-refractivity contribution in [3.63, 3.8) is 0 Å². The Kier molecular flexibility index (Phi) is 5.64. The summed E-state index contributed by atoms with van der Waals surface area (Å²) in [6.45, 7) is 7.54. The number of nitrogens with zero attached hydrogens (tertiary/aromatic N) is 1. The third kappa shape index (κ3) is 4.09. The van der Waals surface area contributed by atoms with Gasteiger partial charge in [-0.15, -0.1) is 0 Å². The zero-order valence-electron chi connectivity index (χ0n) is 12.0. The maximum Gasteiger partial charge on any atom is 0.127 e. The molecule has 0 saturated heterocycles. The Bertz CT molecular complexity index is 241. The lowest BCUT2D eigenvalue weighted by molar-refractivity contribution is -0.117. The van der Waals surface area contributed by atoms with Gasteiger partial charge in [-0.05, 0) is 32.2 Å². The molecule has 0 heterocycles. The first-order valence-corrected chi connectivity index (χ1v) is 7.19. The first-order valence-electron chi connectivity index (χ1n) is 7.19. The predicted octanol–water partition coefficient (Wildman–Crippen LogP) is 3.50. The Morgan fingerprint density at radius 2 is 2.00 bits per heavy atom. The van der Waals surface area contributed by atoms with Crippen LogP contribution >= 0.6 is 0 Å². The fourth-order valence-corrected chi connectivity index (χ4v) is 3.38. The van der Waals surface area contributed by atoms with Gasteiger partial charge in [-0.3, -0.25) is 0 Å². The lowest BCUT2D eigenvalue weighted by Gasteiger charge is -2.39. The minimum absolute atomic E-state index is 0.152. The molecule has 17 heavy (non-hydrogen) atoms. The minimum Gasteiger partial charge on any atom is -0.303 e. The van der Waals surface area contributed by atoms with Crippen LogP contribution in [0.25, 0.3) is 0 Å². The van der Waals surface area contributed by atoms with Gasteiger partial charge in [0.1, 0.15) is 6.29 Å². The highest BCUT2D eigenvalue weighted by molar-refractivity contribution is 5.59. The second-order valence-corrected chi connectivity index (χ2v) is 6.27. The molecule has 1 saturated carbocycles. The summed E-state index contributed by atoms with van der Waals surface area (Å²) in [5.41, 5.74) is -0.152. The van der Waals surface area contributed by atoms with Crippen molar-refractivity contribution in [1.82, 2.24) is 4.90 Å². The monoisotopic (exact) mass is 239 g/mol. The SMILES string of the molecule is CCCC(C)(C=O)CN(C)C1CCCCC1C. The smallest absolute Gasteiger partial charge is 0.127 e. The molecule has 3 unspecified atom stereocenters. The summed E-state index contributed by atoms with van der Waals surface area (Å²) < 4.78 is 0. The maximum atomic E-state index is 11.3. The van der Waals surface area contributed by atoms with E-state index in [1.807, 2.05) is 0 Å². The molecule has 1 aliphatic rings. The number of hydrogen-bond donors (Lipinski definition) is 0. The Morgan fingerprint density at radius 1 is 1.35 bits per heavy atom. The largest absolute Gasteiger partial charge is 0.303 e. The van der Waals surface area contributed by atoms with Gasteiger partial charge in [0.15, 0.2) is 0 Å². The molecule has 0 aromatic carbocycles. The van der Waals surface area contributed by atoms with Gasteiger partial charge in [-0.1, -0.05) is 40.0 Å². The van der Waals surface area contributed by atoms with Crippen molar-refractivity contribution < 1.29 is 4.79 Å². The van der Waals surface area contributed by atoms with E-state index in [0.717, 1.165) is 25.3 Å². The van der Waals surface area contributed by atoms with Crippen LogP contribution in [-0.2, 0) is 4.79 Å². The molecule has 0 aromatic rings. The zero-order valence-corrected chi connectivity index (χ0v) is 12.0. The van der Waals surface area contributed by atoms with Gasteiger partial charge in [0, 0.05) is 18.0 Å². The molecule has 1 rings (SSSR count). The van der Waals surface area contributed by atoms with Gasteiger partial charge >= 0.3 is 0 Å². The van der Waals surface area contributed by atoms with E-state index in [9.17, 15) is 4.79 Å². The van der Waals surface area contributed by atoms with Crippen molar-refractivity contribution in [3.05, 3.63) is 0 Å². The molecule has 0 spiro atoms. The van der Waals surface area contributed by atoms with Crippen LogP contribution in [0.5, 0.6) is 0 Å². The maximum absolute atomic E-state index is 11.3. The third-order valence-corrected chi connectivity index (χ3v) is 4.35. The molecule has 1 aliphatic carbocycles. The molecule has 0 aliphatic heterocycles. The Labute approximate surface area is 107 Å². The first-order chi connectivity index (χ1) is 8.02. The highest BCUT2D eigenvalue weighted by atomic mass is 16.1. The van der Waals surface area contributed by atoms with Crippen LogP contribution in [-0.4, -0.2) is 30.8 Å². The van der Waals surface area contributed by atoms with Gasteiger partial charge in [0.25, 0.3) is 0 Å². The summed E-state index contributed by atoms with van der Waals surface area (Å²) in [6.07, 6.45) is 8.64. The van der Waals surface area contributed by atoms with Crippen LogP contribution in [0.15, 0.2) is 0 Å². The lowest BCUT2D eigenvalue weighted by atomic mass is 9.82. The van der Waals surface area contributed by atoms with Crippen LogP contribution in [0.2, 0.25) is 0 Å². The van der Waals surface area contributed by atoms with Gasteiger partial charge in [0.2, 0.25) is 0 Å². The molecule has 0 bridgehead atoms. The van der Waals surface area contributed by atoms with Crippen LogP contribution in [0, 0.1) is 11.3 Å². The third-order valence-electron chi connectivity index (χ3n) is 4.35. The standard InChI is InChI=1S/C15H29NO/c1-5-10-15(3,12-17)11-16(4)14-9-7-6-8-13(14)2/h12-14H,5-11H2,1-4H3. The summed E-state index contributed by atoms with van der Waals surface area (Å²) in [5.74, 6) is 0.784. The number of hydrogen-bond acceptors (Lipinski definition) is 2. The topological polar surface area (TPSA) is 20.3 Å².